The van der Waals surface area contributed by atoms with E-state index in [1.54, 1.807) is 6.92 Å². The van der Waals surface area contributed by atoms with Gasteiger partial charge in [0.25, 0.3) is 12.9 Å². The Hall–Kier alpha value is -2.81. The number of halogens is 5. The molecule has 0 bridgehead atoms. The van der Waals surface area contributed by atoms with Crippen molar-refractivity contribution < 1.29 is 22.4 Å². The molecular weight excluding hydrogens is 412 g/mol. The van der Waals surface area contributed by atoms with Crippen LogP contribution in [0.25, 0.3) is 5.69 Å². The van der Waals surface area contributed by atoms with Gasteiger partial charge < -0.3 is 9.88 Å². The van der Waals surface area contributed by atoms with Crippen molar-refractivity contribution in [2.45, 2.75) is 32.4 Å². The van der Waals surface area contributed by atoms with Crippen molar-refractivity contribution in [1.82, 2.24) is 19.7 Å². The summed E-state index contributed by atoms with van der Waals surface area (Å²) in [5.41, 5.74) is -0.149. The lowest BCUT2D eigenvalue weighted by atomic mass is 10.1. The average molecular weight is 429 g/mol. The molecule has 0 aliphatic rings. The lowest BCUT2D eigenvalue weighted by Crippen LogP contribution is -2.31. The SMILES string of the molecule is CC(NC(=O)Cn1nc(C(F)F)c(Cl)c1C(F)F)c1ccc(-n2cccc2)cc1. The van der Waals surface area contributed by atoms with Gasteiger partial charge in [-0.1, -0.05) is 23.7 Å². The van der Waals surface area contributed by atoms with Crippen LogP contribution < -0.4 is 5.32 Å². The monoisotopic (exact) mass is 428 g/mol. The van der Waals surface area contributed by atoms with Gasteiger partial charge in [-0.2, -0.15) is 5.10 Å². The fraction of sp³-hybridized carbons (Fsp3) is 0.263. The number of carbonyl (C=O) groups excluding carboxylic acids is 1. The summed E-state index contributed by atoms with van der Waals surface area (Å²) in [6.45, 7) is 1.06. The van der Waals surface area contributed by atoms with E-state index in [1.165, 1.54) is 0 Å². The van der Waals surface area contributed by atoms with Crippen LogP contribution in [0.1, 0.15) is 42.8 Å². The third-order valence-electron chi connectivity index (χ3n) is 4.34. The van der Waals surface area contributed by atoms with Gasteiger partial charge in [0.05, 0.1) is 11.1 Å². The summed E-state index contributed by atoms with van der Waals surface area (Å²) in [6, 6.07) is 10.7. The summed E-state index contributed by atoms with van der Waals surface area (Å²) in [5, 5.41) is 5.20. The van der Waals surface area contributed by atoms with Gasteiger partial charge in [-0.25, -0.2) is 17.6 Å². The van der Waals surface area contributed by atoms with Crippen LogP contribution >= 0.6 is 11.6 Å². The standard InChI is InChI=1S/C19H17ClF4N4O/c1-11(12-4-6-13(7-5-12)27-8-2-3-9-27)25-14(29)10-28-17(19(23)24)15(20)16(26-28)18(21)22/h2-9,11,18-19H,10H2,1H3,(H,25,29). The molecule has 1 amide bonds. The Morgan fingerprint density at radius 3 is 2.28 bits per heavy atom. The van der Waals surface area contributed by atoms with Crippen LogP contribution in [0.5, 0.6) is 0 Å². The van der Waals surface area contributed by atoms with E-state index in [9.17, 15) is 22.4 Å². The number of benzene rings is 1. The van der Waals surface area contributed by atoms with Crippen LogP contribution in [0.3, 0.4) is 0 Å². The molecule has 2 aromatic heterocycles. The van der Waals surface area contributed by atoms with Crippen LogP contribution in [0.15, 0.2) is 48.8 Å². The van der Waals surface area contributed by atoms with Gasteiger partial charge in [-0.3, -0.25) is 9.48 Å². The van der Waals surface area contributed by atoms with Gasteiger partial charge in [-0.15, -0.1) is 0 Å². The molecule has 0 aliphatic carbocycles. The van der Waals surface area contributed by atoms with Gasteiger partial charge >= 0.3 is 0 Å². The fourth-order valence-corrected chi connectivity index (χ4v) is 3.19. The van der Waals surface area contributed by atoms with E-state index in [1.807, 2.05) is 53.4 Å². The largest absolute Gasteiger partial charge is 0.348 e. The van der Waals surface area contributed by atoms with E-state index in [0.29, 0.717) is 4.68 Å². The Morgan fingerprint density at radius 1 is 1.10 bits per heavy atom. The number of carbonyl (C=O) groups is 1. The van der Waals surface area contributed by atoms with Crippen molar-refractivity contribution in [1.29, 1.82) is 0 Å². The zero-order chi connectivity index (χ0) is 21.1. The average Bonchev–Trinajstić information content (AvgIpc) is 3.30. The van der Waals surface area contributed by atoms with E-state index in [0.717, 1.165) is 11.3 Å². The Kier molecular flexibility index (Phi) is 6.26. The zero-order valence-corrected chi connectivity index (χ0v) is 16.0. The molecule has 29 heavy (non-hydrogen) atoms. The molecule has 1 unspecified atom stereocenters. The molecule has 0 spiro atoms. The molecule has 3 rings (SSSR count). The molecule has 1 N–H and O–H groups in total. The Balaban J connectivity index is 1.70. The van der Waals surface area contributed by atoms with E-state index in [-0.39, 0.29) is 0 Å². The fourth-order valence-electron chi connectivity index (χ4n) is 2.89. The number of rotatable bonds is 7. The van der Waals surface area contributed by atoms with E-state index >= 15 is 0 Å². The van der Waals surface area contributed by atoms with Gasteiger partial charge in [0.1, 0.15) is 17.9 Å². The molecule has 154 valence electrons. The molecule has 0 radical (unpaired) electrons. The lowest BCUT2D eigenvalue weighted by molar-refractivity contribution is -0.122. The lowest BCUT2D eigenvalue weighted by Gasteiger charge is -2.16. The van der Waals surface area contributed by atoms with Crippen LogP contribution in [0, 0.1) is 0 Å². The minimum absolute atomic E-state index is 0.434. The maximum atomic E-state index is 13.2. The summed E-state index contributed by atoms with van der Waals surface area (Å²) >= 11 is 5.58. The predicted molar refractivity (Wildman–Crippen MR) is 99.5 cm³/mol. The van der Waals surface area contributed by atoms with Gasteiger partial charge in [-0.05, 0) is 36.8 Å². The molecular formula is C19H17ClF4N4O. The molecule has 0 fully saturated rings. The summed E-state index contributed by atoms with van der Waals surface area (Å²) < 4.78 is 54.5. The maximum absolute atomic E-state index is 13.2. The first-order valence-corrected chi connectivity index (χ1v) is 9.00. The van der Waals surface area contributed by atoms with Crippen molar-refractivity contribution in [3.05, 3.63) is 70.8 Å². The Morgan fingerprint density at radius 2 is 1.72 bits per heavy atom. The molecule has 0 saturated heterocycles. The van der Waals surface area contributed by atoms with Crippen LogP contribution in [0.4, 0.5) is 17.6 Å². The molecule has 0 aliphatic heterocycles. The van der Waals surface area contributed by atoms with Gasteiger partial charge in [0.15, 0.2) is 0 Å². The molecule has 1 atom stereocenters. The number of nitrogens with one attached hydrogen (secondary N) is 1. The summed E-state index contributed by atoms with van der Waals surface area (Å²) in [5.74, 6) is -0.658. The summed E-state index contributed by atoms with van der Waals surface area (Å²) in [6.07, 6.45) is -2.48. The molecule has 10 heteroatoms. The van der Waals surface area contributed by atoms with E-state index in [2.05, 4.69) is 10.4 Å². The quantitative estimate of drug-likeness (QED) is 0.533. The van der Waals surface area contributed by atoms with Crippen LogP contribution in [-0.2, 0) is 11.3 Å². The van der Waals surface area contributed by atoms with Crippen molar-refractivity contribution in [2.75, 3.05) is 0 Å². The normalized spacial score (nSPS) is 12.6. The predicted octanol–water partition coefficient (Wildman–Crippen LogP) is 5.08. The molecule has 1 aromatic carbocycles. The van der Waals surface area contributed by atoms with E-state index < -0.39 is 47.8 Å². The number of hydrogen-bond donors (Lipinski definition) is 1. The summed E-state index contributed by atoms with van der Waals surface area (Å²) in [4.78, 5) is 12.3. The number of nitrogens with zero attached hydrogens (tertiary/aromatic N) is 3. The topological polar surface area (TPSA) is 51.9 Å². The van der Waals surface area contributed by atoms with E-state index in [4.69, 9.17) is 11.6 Å². The first kappa shape index (κ1) is 20.9. The van der Waals surface area contributed by atoms with Crippen molar-refractivity contribution in [2.24, 2.45) is 0 Å². The third-order valence-corrected chi connectivity index (χ3v) is 4.72. The third kappa shape index (κ3) is 4.61. The summed E-state index contributed by atoms with van der Waals surface area (Å²) in [7, 11) is 0. The minimum atomic E-state index is -3.14. The van der Waals surface area contributed by atoms with Crippen LogP contribution in [0.2, 0.25) is 5.02 Å². The zero-order valence-electron chi connectivity index (χ0n) is 15.2. The second kappa shape index (κ2) is 8.69. The number of amides is 1. The molecule has 2 heterocycles. The van der Waals surface area contributed by atoms with Gasteiger partial charge in [0.2, 0.25) is 5.91 Å². The first-order chi connectivity index (χ1) is 13.8. The number of hydrogen-bond acceptors (Lipinski definition) is 2. The Labute approximate surface area is 168 Å². The number of aromatic nitrogens is 3. The number of alkyl halides is 4. The smallest absolute Gasteiger partial charge is 0.283 e. The van der Waals surface area contributed by atoms with Crippen LogP contribution in [-0.4, -0.2) is 20.3 Å². The highest BCUT2D eigenvalue weighted by Gasteiger charge is 2.28. The molecule has 5 nitrogen and oxygen atoms in total. The van der Waals surface area contributed by atoms with Crippen molar-refractivity contribution >= 4 is 17.5 Å². The molecule has 3 aromatic rings. The van der Waals surface area contributed by atoms with Gasteiger partial charge in [0, 0.05) is 18.1 Å². The maximum Gasteiger partial charge on any atom is 0.283 e. The minimum Gasteiger partial charge on any atom is -0.348 e. The highest BCUT2D eigenvalue weighted by atomic mass is 35.5. The van der Waals surface area contributed by atoms with Crippen molar-refractivity contribution in [3.63, 3.8) is 0 Å². The Bertz CT molecular complexity index is 971. The highest BCUT2D eigenvalue weighted by molar-refractivity contribution is 6.32. The second-order valence-electron chi connectivity index (χ2n) is 6.31. The molecule has 0 saturated carbocycles. The second-order valence-corrected chi connectivity index (χ2v) is 6.69. The first-order valence-electron chi connectivity index (χ1n) is 8.63. The van der Waals surface area contributed by atoms with Crippen molar-refractivity contribution in [3.8, 4) is 5.69 Å². The highest BCUT2D eigenvalue weighted by Crippen LogP contribution is 2.34.